The van der Waals surface area contributed by atoms with E-state index in [0.29, 0.717) is 19.6 Å². The third-order valence-corrected chi connectivity index (χ3v) is 4.83. The first-order chi connectivity index (χ1) is 14.1. The van der Waals surface area contributed by atoms with Gasteiger partial charge in [0, 0.05) is 26.5 Å². The van der Waals surface area contributed by atoms with Crippen molar-refractivity contribution in [3.8, 4) is 0 Å². The molecule has 0 aliphatic carbocycles. The SMILES string of the molecule is CC(=O)N[C@@H](CCC(N)=O)C(=O)NCCCCCCO[C@H]1O[C@@H](C)[C@@H](O)[C@@H](O)[C@@H]1O. The molecule has 0 aromatic heterocycles. The second-order valence-electron chi connectivity index (χ2n) is 7.52. The molecule has 1 rings (SSSR count). The maximum Gasteiger partial charge on any atom is 0.242 e. The predicted octanol–water partition coefficient (Wildman–Crippen LogP) is -1.72. The number of nitrogens with two attached hydrogens (primary N) is 1. The number of ether oxygens (including phenoxy) is 2. The second kappa shape index (κ2) is 13.5. The van der Waals surface area contributed by atoms with Gasteiger partial charge >= 0.3 is 0 Å². The van der Waals surface area contributed by atoms with E-state index in [1.165, 1.54) is 6.92 Å². The third-order valence-electron chi connectivity index (χ3n) is 4.83. The first kappa shape index (κ1) is 26.2. The maximum atomic E-state index is 12.1. The van der Waals surface area contributed by atoms with Gasteiger partial charge in [-0.1, -0.05) is 12.8 Å². The molecule has 1 saturated heterocycles. The summed E-state index contributed by atoms with van der Waals surface area (Å²) < 4.78 is 10.8. The van der Waals surface area contributed by atoms with Crippen molar-refractivity contribution in [3.63, 3.8) is 0 Å². The van der Waals surface area contributed by atoms with Crippen molar-refractivity contribution in [2.24, 2.45) is 5.73 Å². The van der Waals surface area contributed by atoms with Crippen molar-refractivity contribution in [1.82, 2.24) is 10.6 Å². The van der Waals surface area contributed by atoms with Crippen LogP contribution in [-0.4, -0.2) is 82.9 Å². The number of amides is 3. The molecule has 174 valence electrons. The minimum atomic E-state index is -1.31. The number of unbranched alkanes of at least 4 members (excludes halogenated alkanes) is 3. The summed E-state index contributed by atoms with van der Waals surface area (Å²) >= 11 is 0. The molecule has 1 heterocycles. The zero-order valence-electron chi connectivity index (χ0n) is 17.6. The fourth-order valence-electron chi connectivity index (χ4n) is 3.07. The molecule has 1 aliphatic rings. The zero-order chi connectivity index (χ0) is 22.7. The zero-order valence-corrected chi connectivity index (χ0v) is 17.6. The number of primary amides is 1. The summed E-state index contributed by atoms with van der Waals surface area (Å²) in [5.74, 6) is -1.25. The van der Waals surface area contributed by atoms with Gasteiger partial charge in [-0.3, -0.25) is 14.4 Å². The van der Waals surface area contributed by atoms with E-state index in [-0.39, 0.29) is 24.7 Å². The lowest BCUT2D eigenvalue weighted by molar-refractivity contribution is -0.293. The van der Waals surface area contributed by atoms with Crippen LogP contribution in [0, 0.1) is 0 Å². The Kier molecular flexibility index (Phi) is 11.8. The van der Waals surface area contributed by atoms with Gasteiger partial charge in [-0.05, 0) is 26.2 Å². The van der Waals surface area contributed by atoms with Crippen molar-refractivity contribution in [2.45, 2.75) is 89.1 Å². The lowest BCUT2D eigenvalue weighted by Gasteiger charge is -2.38. The maximum absolute atomic E-state index is 12.1. The Morgan fingerprint density at radius 3 is 2.37 bits per heavy atom. The Morgan fingerprint density at radius 1 is 1.07 bits per heavy atom. The first-order valence-electron chi connectivity index (χ1n) is 10.3. The molecule has 0 spiro atoms. The molecule has 3 amide bonds. The lowest BCUT2D eigenvalue weighted by atomic mass is 10.0. The van der Waals surface area contributed by atoms with Gasteiger partial charge in [0.25, 0.3) is 0 Å². The summed E-state index contributed by atoms with van der Waals surface area (Å²) in [7, 11) is 0. The molecule has 11 heteroatoms. The van der Waals surface area contributed by atoms with E-state index in [0.717, 1.165) is 19.3 Å². The minimum absolute atomic E-state index is 0.00649. The molecule has 6 atom stereocenters. The summed E-state index contributed by atoms with van der Waals surface area (Å²) in [6, 6.07) is -0.790. The Labute approximate surface area is 176 Å². The van der Waals surface area contributed by atoms with Crippen molar-refractivity contribution in [3.05, 3.63) is 0 Å². The number of rotatable bonds is 13. The molecule has 0 saturated carbocycles. The fourth-order valence-corrected chi connectivity index (χ4v) is 3.07. The van der Waals surface area contributed by atoms with E-state index in [9.17, 15) is 29.7 Å². The van der Waals surface area contributed by atoms with Crippen molar-refractivity contribution in [1.29, 1.82) is 0 Å². The van der Waals surface area contributed by atoms with E-state index in [4.69, 9.17) is 15.2 Å². The van der Waals surface area contributed by atoms with Crippen LogP contribution < -0.4 is 16.4 Å². The fraction of sp³-hybridized carbons (Fsp3) is 0.842. The number of hydrogen-bond donors (Lipinski definition) is 6. The average molecular weight is 434 g/mol. The molecule has 30 heavy (non-hydrogen) atoms. The van der Waals surface area contributed by atoms with Crippen LogP contribution in [0.25, 0.3) is 0 Å². The van der Waals surface area contributed by atoms with Gasteiger partial charge < -0.3 is 41.2 Å². The van der Waals surface area contributed by atoms with Crippen LogP contribution in [0.2, 0.25) is 0 Å². The minimum Gasteiger partial charge on any atom is -0.388 e. The molecule has 1 fully saturated rings. The van der Waals surface area contributed by atoms with Gasteiger partial charge in [-0.25, -0.2) is 0 Å². The van der Waals surface area contributed by atoms with Crippen molar-refractivity contribution >= 4 is 17.7 Å². The average Bonchev–Trinajstić information content (AvgIpc) is 2.68. The van der Waals surface area contributed by atoms with Crippen LogP contribution in [-0.2, 0) is 23.9 Å². The Balaban J connectivity index is 2.16. The summed E-state index contributed by atoms with van der Waals surface area (Å²) in [4.78, 5) is 34.2. The van der Waals surface area contributed by atoms with E-state index in [2.05, 4.69) is 10.6 Å². The van der Waals surface area contributed by atoms with Gasteiger partial charge in [-0.15, -0.1) is 0 Å². The van der Waals surface area contributed by atoms with Gasteiger partial charge in [0.2, 0.25) is 17.7 Å². The second-order valence-corrected chi connectivity index (χ2v) is 7.52. The summed E-state index contributed by atoms with van der Waals surface area (Å²) in [5.41, 5.74) is 5.09. The lowest BCUT2D eigenvalue weighted by Crippen LogP contribution is -2.57. The summed E-state index contributed by atoms with van der Waals surface area (Å²) in [6.45, 7) is 3.64. The Morgan fingerprint density at radius 2 is 1.73 bits per heavy atom. The monoisotopic (exact) mass is 433 g/mol. The number of carbonyl (C=O) groups excluding carboxylic acids is 3. The van der Waals surface area contributed by atoms with Gasteiger partial charge in [0.15, 0.2) is 6.29 Å². The summed E-state index contributed by atoms with van der Waals surface area (Å²) in [6.07, 6.45) is -2.19. The molecule has 0 aromatic rings. The number of hydrogen-bond acceptors (Lipinski definition) is 8. The molecule has 7 N–H and O–H groups in total. The molecule has 0 aromatic carbocycles. The van der Waals surface area contributed by atoms with Crippen LogP contribution in [0.4, 0.5) is 0 Å². The van der Waals surface area contributed by atoms with E-state index in [1.807, 2.05) is 0 Å². The molecule has 0 unspecified atom stereocenters. The Hall–Kier alpha value is -1.79. The molecule has 0 radical (unpaired) electrons. The van der Waals surface area contributed by atoms with E-state index < -0.39 is 42.7 Å². The molecule has 0 bridgehead atoms. The highest BCUT2D eigenvalue weighted by Gasteiger charge is 2.42. The van der Waals surface area contributed by atoms with Crippen LogP contribution in [0.15, 0.2) is 0 Å². The van der Waals surface area contributed by atoms with Crippen LogP contribution in [0.3, 0.4) is 0 Å². The number of aliphatic hydroxyl groups excluding tert-OH is 3. The number of nitrogens with one attached hydrogen (secondary N) is 2. The quantitative estimate of drug-likeness (QED) is 0.185. The smallest absolute Gasteiger partial charge is 0.242 e. The first-order valence-corrected chi connectivity index (χ1v) is 10.3. The Bertz CT molecular complexity index is 562. The predicted molar refractivity (Wildman–Crippen MR) is 106 cm³/mol. The number of aliphatic hydroxyl groups is 3. The van der Waals surface area contributed by atoms with E-state index >= 15 is 0 Å². The standard InChI is InChI=1S/C19H35N3O8/c1-11-15(25)16(26)17(27)19(30-11)29-10-6-4-3-5-9-21-18(28)13(22-12(2)23)7-8-14(20)24/h11,13,15-17,19,25-27H,3-10H2,1-2H3,(H2,20,24)(H,21,28)(H,22,23)/t11-,13-,15+,16+,17-,19-/m0/s1. The van der Waals surface area contributed by atoms with E-state index in [1.54, 1.807) is 6.92 Å². The normalized spacial score (nSPS) is 27.3. The highest BCUT2D eigenvalue weighted by atomic mass is 16.7. The van der Waals surface area contributed by atoms with Gasteiger partial charge in [0.05, 0.1) is 6.10 Å². The molecular formula is C19H35N3O8. The summed E-state index contributed by atoms with van der Waals surface area (Å²) in [5, 5.41) is 34.5. The van der Waals surface area contributed by atoms with Crippen molar-refractivity contribution < 1.29 is 39.2 Å². The van der Waals surface area contributed by atoms with Crippen LogP contribution >= 0.6 is 0 Å². The molecule has 1 aliphatic heterocycles. The van der Waals surface area contributed by atoms with Crippen molar-refractivity contribution in [2.75, 3.05) is 13.2 Å². The highest BCUT2D eigenvalue weighted by Crippen LogP contribution is 2.21. The van der Waals surface area contributed by atoms with Crippen LogP contribution in [0.5, 0.6) is 0 Å². The molecule has 11 nitrogen and oxygen atoms in total. The third kappa shape index (κ3) is 9.35. The van der Waals surface area contributed by atoms with Gasteiger partial charge in [-0.2, -0.15) is 0 Å². The largest absolute Gasteiger partial charge is 0.388 e. The molecular weight excluding hydrogens is 398 g/mol. The number of carbonyl (C=O) groups is 3. The highest BCUT2D eigenvalue weighted by molar-refractivity contribution is 5.87. The topological polar surface area (TPSA) is 180 Å². The van der Waals surface area contributed by atoms with Crippen LogP contribution in [0.1, 0.15) is 52.4 Å². The van der Waals surface area contributed by atoms with Gasteiger partial charge in [0.1, 0.15) is 24.4 Å².